The Balaban J connectivity index is 2.03. The van der Waals surface area contributed by atoms with Gasteiger partial charge in [-0.1, -0.05) is 0 Å². The van der Waals surface area contributed by atoms with Gasteiger partial charge in [0, 0.05) is 25.4 Å². The molecular formula is C19H24N3O9PS. The van der Waals surface area contributed by atoms with E-state index in [1.165, 1.54) is 32.0 Å². The molecule has 180 valence electrons. The Kier molecular flexibility index (Phi) is 7.08. The van der Waals surface area contributed by atoms with Crippen LogP contribution >= 0.6 is 19.3 Å². The van der Waals surface area contributed by atoms with Crippen LogP contribution in [-0.2, 0) is 39.4 Å². The molecule has 2 amide bonds. The molecule has 1 fully saturated rings. The number of carboxylic acids is 1. The molecule has 3 atom stereocenters. The fourth-order valence-corrected chi connectivity index (χ4v) is 8.01. The molecule has 33 heavy (non-hydrogen) atoms. The first-order chi connectivity index (χ1) is 15.5. The van der Waals surface area contributed by atoms with Crippen molar-refractivity contribution in [2.75, 3.05) is 33.6 Å². The molecule has 12 nitrogen and oxygen atoms in total. The maximum Gasteiger partial charge on any atom is 0.352 e. The smallest absolute Gasteiger partial charge is 0.352 e. The number of β-lactam (4-membered cyclic amide) rings is 1. The normalized spacial score (nSPS) is 24.1. The number of amides is 2. The summed E-state index contributed by atoms with van der Waals surface area (Å²) < 4.78 is 30.6. The van der Waals surface area contributed by atoms with E-state index in [-0.39, 0.29) is 30.1 Å². The van der Waals surface area contributed by atoms with Gasteiger partial charge in [-0.15, -0.1) is 11.8 Å². The SMILES string of the molecule is COP(=O)(N(C)C)C1(NC(=O)Cc2ccco2)C(=O)N2C(C(=O)O)=C(COC(C)=O)CS[C@@H]21. The van der Waals surface area contributed by atoms with Crippen molar-refractivity contribution in [1.82, 2.24) is 14.9 Å². The minimum absolute atomic E-state index is 0.0658. The molecule has 2 N–H and O–H groups in total. The summed E-state index contributed by atoms with van der Waals surface area (Å²) in [4.78, 5) is 50.6. The largest absolute Gasteiger partial charge is 0.477 e. The van der Waals surface area contributed by atoms with Crippen molar-refractivity contribution in [3.63, 3.8) is 0 Å². The summed E-state index contributed by atoms with van der Waals surface area (Å²) in [6.07, 6.45) is 1.16. The highest BCUT2D eigenvalue weighted by Gasteiger charge is 2.75. The highest BCUT2D eigenvalue weighted by Crippen LogP contribution is 2.68. The van der Waals surface area contributed by atoms with Gasteiger partial charge in [-0.25, -0.2) is 9.46 Å². The predicted octanol–water partition coefficient (Wildman–Crippen LogP) is 0.853. The van der Waals surface area contributed by atoms with Gasteiger partial charge in [-0.3, -0.25) is 23.8 Å². The number of fused-ring (bicyclic) bond motifs is 1. The molecule has 3 heterocycles. The second-order valence-electron chi connectivity index (χ2n) is 7.50. The quantitative estimate of drug-likeness (QED) is 0.281. The lowest BCUT2D eigenvalue weighted by Gasteiger charge is -2.59. The molecule has 3 rings (SSSR count). The van der Waals surface area contributed by atoms with Crippen molar-refractivity contribution in [1.29, 1.82) is 0 Å². The summed E-state index contributed by atoms with van der Waals surface area (Å²) >= 11 is 1.09. The van der Waals surface area contributed by atoms with Crippen molar-refractivity contribution in [3.8, 4) is 0 Å². The maximum absolute atomic E-state index is 13.9. The number of thioether (sulfide) groups is 1. The average Bonchev–Trinajstić information content (AvgIpc) is 3.26. The summed E-state index contributed by atoms with van der Waals surface area (Å²) in [5.41, 5.74) is -0.165. The Morgan fingerprint density at radius 3 is 2.64 bits per heavy atom. The molecule has 0 bridgehead atoms. The number of ether oxygens (including phenoxy) is 1. The molecule has 0 spiro atoms. The van der Waals surface area contributed by atoms with E-state index in [9.17, 15) is 28.8 Å². The number of carbonyl (C=O) groups is 4. The number of carboxylic acid groups (broad SMARTS) is 1. The van der Waals surface area contributed by atoms with Gasteiger partial charge in [0.15, 0.2) is 0 Å². The highest BCUT2D eigenvalue weighted by atomic mass is 32.2. The Labute approximate surface area is 193 Å². The predicted molar refractivity (Wildman–Crippen MR) is 116 cm³/mol. The summed E-state index contributed by atoms with van der Waals surface area (Å²) in [6.45, 7) is 0.869. The molecule has 1 saturated heterocycles. The fraction of sp³-hybridized carbons (Fsp3) is 0.474. The molecule has 2 unspecified atom stereocenters. The average molecular weight is 501 g/mol. The first-order valence-electron chi connectivity index (χ1n) is 9.70. The molecule has 2 aliphatic heterocycles. The van der Waals surface area contributed by atoms with E-state index < -0.39 is 41.9 Å². The van der Waals surface area contributed by atoms with Crippen molar-refractivity contribution < 1.29 is 42.5 Å². The molecule has 0 aromatic carbocycles. The third kappa shape index (κ3) is 4.10. The first kappa shape index (κ1) is 25.0. The number of hydrogen-bond acceptors (Lipinski definition) is 9. The molecule has 0 aliphatic carbocycles. The third-order valence-electron chi connectivity index (χ3n) is 5.24. The zero-order valence-corrected chi connectivity index (χ0v) is 20.1. The van der Waals surface area contributed by atoms with Crippen LogP contribution in [0.15, 0.2) is 34.1 Å². The van der Waals surface area contributed by atoms with Gasteiger partial charge in [0.25, 0.3) is 5.91 Å². The molecule has 0 saturated carbocycles. The number of rotatable bonds is 9. The van der Waals surface area contributed by atoms with E-state index in [4.69, 9.17) is 13.7 Å². The van der Waals surface area contributed by atoms with Gasteiger partial charge in [0.1, 0.15) is 23.4 Å². The summed E-state index contributed by atoms with van der Waals surface area (Å²) in [5, 5.41) is 9.30. The lowest BCUT2D eigenvalue weighted by Crippen LogP contribution is -2.80. The molecular weight excluding hydrogens is 477 g/mol. The van der Waals surface area contributed by atoms with Gasteiger partial charge >= 0.3 is 19.5 Å². The zero-order chi connectivity index (χ0) is 24.6. The number of nitrogens with one attached hydrogen (secondary N) is 1. The number of hydrogen-bond donors (Lipinski definition) is 2. The van der Waals surface area contributed by atoms with Crippen molar-refractivity contribution in [2.24, 2.45) is 0 Å². The number of aliphatic carboxylic acids is 1. The molecule has 14 heteroatoms. The lowest BCUT2D eigenvalue weighted by atomic mass is 10.0. The van der Waals surface area contributed by atoms with E-state index in [1.807, 2.05) is 0 Å². The summed E-state index contributed by atoms with van der Waals surface area (Å²) in [7, 11) is -0.0116. The Bertz CT molecular complexity index is 1050. The number of nitrogens with zero attached hydrogens (tertiary/aromatic N) is 2. The number of carbonyl (C=O) groups excluding carboxylic acids is 3. The highest BCUT2D eigenvalue weighted by molar-refractivity contribution is 8.00. The standard InChI is InChI=1S/C19H24N3O9PS/c1-11(23)31-9-12-10-33-18-19(32(28,29-4)21(2)3,17(27)22(18)15(12)16(25)26)20-14(24)8-13-6-5-7-30-13/h5-7,18H,8-10H2,1-4H3,(H,20,24)(H,25,26)/t18-,19?,32?/m1/s1. The van der Waals surface area contributed by atoms with Crippen LogP contribution in [0, 0.1) is 0 Å². The second kappa shape index (κ2) is 9.34. The minimum atomic E-state index is -4.05. The van der Waals surface area contributed by atoms with Crippen LogP contribution in [0.1, 0.15) is 12.7 Å². The van der Waals surface area contributed by atoms with Crippen LogP contribution in [0.25, 0.3) is 0 Å². The van der Waals surface area contributed by atoms with Crippen LogP contribution in [0.2, 0.25) is 0 Å². The Morgan fingerprint density at radius 2 is 2.12 bits per heavy atom. The summed E-state index contributed by atoms with van der Waals surface area (Å²) in [5.74, 6) is -3.17. The topological polar surface area (TPSA) is 156 Å². The van der Waals surface area contributed by atoms with E-state index in [2.05, 4.69) is 5.32 Å². The van der Waals surface area contributed by atoms with E-state index >= 15 is 0 Å². The first-order valence-corrected chi connectivity index (χ1v) is 12.3. The minimum Gasteiger partial charge on any atom is -0.477 e. The van der Waals surface area contributed by atoms with Gasteiger partial charge in [-0.05, 0) is 26.2 Å². The van der Waals surface area contributed by atoms with Gasteiger partial charge in [0.05, 0.1) is 12.7 Å². The Hall–Kier alpha value is -2.60. The van der Waals surface area contributed by atoms with E-state index in [0.29, 0.717) is 5.76 Å². The zero-order valence-electron chi connectivity index (χ0n) is 18.4. The second-order valence-corrected chi connectivity index (χ2v) is 11.5. The summed E-state index contributed by atoms with van der Waals surface area (Å²) in [6, 6.07) is 3.17. The van der Waals surface area contributed by atoms with Crippen LogP contribution in [0.3, 0.4) is 0 Å². The van der Waals surface area contributed by atoms with Crippen molar-refractivity contribution >= 4 is 43.0 Å². The van der Waals surface area contributed by atoms with Crippen molar-refractivity contribution in [2.45, 2.75) is 24.0 Å². The third-order valence-corrected chi connectivity index (χ3v) is 9.80. The van der Waals surface area contributed by atoms with Crippen molar-refractivity contribution in [3.05, 3.63) is 35.4 Å². The van der Waals surface area contributed by atoms with E-state index in [0.717, 1.165) is 23.8 Å². The monoisotopic (exact) mass is 501 g/mol. The molecule has 0 radical (unpaired) electrons. The van der Waals surface area contributed by atoms with Crippen LogP contribution in [0.5, 0.6) is 0 Å². The fourth-order valence-electron chi connectivity index (χ4n) is 3.80. The molecule has 1 aromatic heterocycles. The molecule has 2 aliphatic rings. The van der Waals surface area contributed by atoms with Gasteiger partial charge in [-0.2, -0.15) is 0 Å². The van der Waals surface area contributed by atoms with Gasteiger partial charge in [0.2, 0.25) is 11.2 Å². The lowest BCUT2D eigenvalue weighted by molar-refractivity contribution is -0.154. The van der Waals surface area contributed by atoms with Crippen LogP contribution in [-0.4, -0.2) is 82.6 Å². The van der Waals surface area contributed by atoms with E-state index in [1.54, 1.807) is 12.1 Å². The number of furan rings is 1. The number of esters is 1. The van der Waals surface area contributed by atoms with Crippen LogP contribution < -0.4 is 5.32 Å². The van der Waals surface area contributed by atoms with Gasteiger partial charge < -0.3 is 24.1 Å². The maximum atomic E-state index is 13.9. The molecule has 1 aromatic rings. The Morgan fingerprint density at radius 1 is 1.42 bits per heavy atom. The van der Waals surface area contributed by atoms with Crippen LogP contribution in [0.4, 0.5) is 0 Å².